The second-order valence-electron chi connectivity index (χ2n) is 5.64. The SMILES string of the molecule is CC1(C)CNC2OC1NCC2(C)C. The first-order valence-corrected chi connectivity index (χ1v) is 5.04. The maximum Gasteiger partial charge on any atom is 0.116 e. The lowest BCUT2D eigenvalue weighted by atomic mass is 9.81. The summed E-state index contributed by atoms with van der Waals surface area (Å²) in [5.41, 5.74) is 0.403. The molecule has 2 bridgehead atoms. The van der Waals surface area contributed by atoms with Gasteiger partial charge in [-0.3, -0.25) is 10.6 Å². The second-order valence-corrected chi connectivity index (χ2v) is 5.64. The van der Waals surface area contributed by atoms with Crippen LogP contribution in [0.2, 0.25) is 0 Å². The van der Waals surface area contributed by atoms with Gasteiger partial charge in [0, 0.05) is 23.9 Å². The van der Waals surface area contributed by atoms with Gasteiger partial charge in [-0.25, -0.2) is 0 Å². The fourth-order valence-corrected chi connectivity index (χ4v) is 2.05. The normalized spacial score (nSPS) is 41.5. The molecule has 2 rings (SSSR count). The molecule has 2 aliphatic heterocycles. The van der Waals surface area contributed by atoms with Gasteiger partial charge in [-0.05, 0) is 0 Å². The lowest BCUT2D eigenvalue weighted by Crippen LogP contribution is -2.68. The van der Waals surface area contributed by atoms with E-state index in [0.29, 0.717) is 0 Å². The van der Waals surface area contributed by atoms with Crippen LogP contribution in [0.5, 0.6) is 0 Å². The Labute approximate surface area is 80.2 Å². The summed E-state index contributed by atoms with van der Waals surface area (Å²) in [6.07, 6.45) is 0.429. The van der Waals surface area contributed by atoms with E-state index in [1.165, 1.54) is 0 Å². The van der Waals surface area contributed by atoms with E-state index in [2.05, 4.69) is 38.3 Å². The molecule has 2 unspecified atom stereocenters. The van der Waals surface area contributed by atoms with Gasteiger partial charge in [-0.15, -0.1) is 0 Å². The summed E-state index contributed by atoms with van der Waals surface area (Å²) in [6.45, 7) is 11.0. The molecule has 2 N–H and O–H groups in total. The van der Waals surface area contributed by atoms with Crippen LogP contribution in [0.4, 0.5) is 0 Å². The summed E-state index contributed by atoms with van der Waals surface area (Å²) in [5.74, 6) is 0. The maximum absolute atomic E-state index is 5.93. The molecule has 0 aromatic rings. The summed E-state index contributed by atoms with van der Waals surface area (Å²) in [6, 6.07) is 0. The quantitative estimate of drug-likeness (QED) is 0.587. The molecule has 2 saturated heterocycles. The third-order valence-electron chi connectivity index (χ3n) is 3.18. The van der Waals surface area contributed by atoms with E-state index in [9.17, 15) is 0 Å². The molecular weight excluding hydrogens is 164 g/mol. The Morgan fingerprint density at radius 3 is 1.69 bits per heavy atom. The standard InChI is InChI=1S/C10H20N2O/c1-9(2)5-11-8-10(3,4)6-12-7(9)13-8/h7-8,11-12H,5-6H2,1-4H3. The van der Waals surface area contributed by atoms with Gasteiger partial charge in [-0.1, -0.05) is 27.7 Å². The molecule has 0 spiro atoms. The van der Waals surface area contributed by atoms with Gasteiger partial charge in [0.25, 0.3) is 0 Å². The van der Waals surface area contributed by atoms with Crippen LogP contribution in [0.1, 0.15) is 27.7 Å². The van der Waals surface area contributed by atoms with Crippen molar-refractivity contribution in [3.63, 3.8) is 0 Å². The van der Waals surface area contributed by atoms with Crippen molar-refractivity contribution in [2.45, 2.75) is 40.2 Å². The van der Waals surface area contributed by atoms with Crippen molar-refractivity contribution < 1.29 is 4.74 Å². The zero-order valence-corrected chi connectivity index (χ0v) is 8.98. The van der Waals surface area contributed by atoms with Crippen molar-refractivity contribution >= 4 is 0 Å². The van der Waals surface area contributed by atoms with Crippen molar-refractivity contribution in [1.29, 1.82) is 0 Å². The Morgan fingerprint density at radius 2 is 1.31 bits per heavy atom. The van der Waals surface area contributed by atoms with Crippen molar-refractivity contribution in [2.24, 2.45) is 10.8 Å². The first-order valence-electron chi connectivity index (χ1n) is 5.04. The number of rotatable bonds is 0. The molecule has 76 valence electrons. The lowest BCUT2D eigenvalue weighted by molar-refractivity contribution is -0.206. The number of hydrogen-bond acceptors (Lipinski definition) is 3. The van der Waals surface area contributed by atoms with E-state index in [4.69, 9.17) is 4.74 Å². The molecule has 2 heterocycles. The van der Waals surface area contributed by atoms with E-state index < -0.39 is 0 Å². The topological polar surface area (TPSA) is 33.3 Å². The molecule has 2 fully saturated rings. The fraction of sp³-hybridized carbons (Fsp3) is 1.00. The van der Waals surface area contributed by atoms with E-state index in [1.54, 1.807) is 0 Å². The number of fused-ring (bicyclic) bond motifs is 2. The Hall–Kier alpha value is -0.120. The summed E-state index contributed by atoms with van der Waals surface area (Å²) in [5, 5.41) is 6.94. The van der Waals surface area contributed by atoms with Crippen molar-refractivity contribution in [1.82, 2.24) is 10.6 Å². The van der Waals surface area contributed by atoms with Crippen molar-refractivity contribution in [3.8, 4) is 0 Å². The molecule has 2 atom stereocenters. The molecule has 0 amide bonds. The minimum atomic E-state index is 0.201. The number of nitrogens with one attached hydrogen (secondary N) is 2. The Kier molecular flexibility index (Phi) is 1.95. The molecule has 3 heteroatoms. The number of hydrogen-bond donors (Lipinski definition) is 2. The van der Waals surface area contributed by atoms with Crippen LogP contribution in [0.3, 0.4) is 0 Å². The van der Waals surface area contributed by atoms with Gasteiger partial charge in [0.2, 0.25) is 0 Å². The molecule has 13 heavy (non-hydrogen) atoms. The van der Waals surface area contributed by atoms with Crippen LogP contribution < -0.4 is 10.6 Å². The highest BCUT2D eigenvalue weighted by atomic mass is 16.5. The van der Waals surface area contributed by atoms with E-state index >= 15 is 0 Å². The summed E-state index contributed by atoms with van der Waals surface area (Å²) in [7, 11) is 0. The smallest absolute Gasteiger partial charge is 0.116 e. The molecule has 0 saturated carbocycles. The van der Waals surface area contributed by atoms with Crippen molar-refractivity contribution in [3.05, 3.63) is 0 Å². The number of ether oxygens (including phenoxy) is 1. The Morgan fingerprint density at radius 1 is 0.923 bits per heavy atom. The first-order chi connectivity index (χ1) is 5.92. The van der Waals surface area contributed by atoms with E-state index in [-0.39, 0.29) is 23.3 Å². The maximum atomic E-state index is 5.93. The minimum absolute atomic E-state index is 0.201. The van der Waals surface area contributed by atoms with Crippen LogP contribution in [-0.2, 0) is 4.74 Å². The third kappa shape index (κ3) is 1.49. The van der Waals surface area contributed by atoms with Crippen LogP contribution in [0.25, 0.3) is 0 Å². The van der Waals surface area contributed by atoms with Crippen molar-refractivity contribution in [2.75, 3.05) is 13.1 Å². The summed E-state index contributed by atoms with van der Waals surface area (Å²) < 4.78 is 5.93. The second kappa shape index (κ2) is 2.69. The average Bonchev–Trinajstić information content (AvgIpc) is 2.01. The molecule has 3 nitrogen and oxygen atoms in total. The van der Waals surface area contributed by atoms with Gasteiger partial charge >= 0.3 is 0 Å². The highest BCUT2D eigenvalue weighted by Gasteiger charge is 2.46. The highest BCUT2D eigenvalue weighted by molar-refractivity contribution is 4.95. The predicted octanol–water partition coefficient (Wildman–Crippen LogP) is 0.914. The van der Waals surface area contributed by atoms with E-state index in [0.717, 1.165) is 13.1 Å². The van der Waals surface area contributed by atoms with Crippen LogP contribution in [0.15, 0.2) is 0 Å². The monoisotopic (exact) mass is 184 g/mol. The summed E-state index contributed by atoms with van der Waals surface area (Å²) in [4.78, 5) is 0. The zero-order chi connectivity index (χ0) is 9.69. The molecule has 0 aliphatic carbocycles. The predicted molar refractivity (Wildman–Crippen MR) is 52.2 cm³/mol. The van der Waals surface area contributed by atoms with Crippen LogP contribution in [-0.4, -0.2) is 25.5 Å². The van der Waals surface area contributed by atoms with Gasteiger partial charge in [-0.2, -0.15) is 0 Å². The zero-order valence-electron chi connectivity index (χ0n) is 8.98. The summed E-state index contributed by atoms with van der Waals surface area (Å²) >= 11 is 0. The Balaban J connectivity index is 2.14. The molecule has 2 aliphatic rings. The average molecular weight is 184 g/mol. The lowest BCUT2D eigenvalue weighted by Gasteiger charge is -2.52. The molecule has 0 aromatic heterocycles. The molecule has 0 aromatic carbocycles. The fourth-order valence-electron chi connectivity index (χ4n) is 2.05. The van der Waals surface area contributed by atoms with Gasteiger partial charge in [0.1, 0.15) is 12.5 Å². The van der Waals surface area contributed by atoms with Crippen LogP contribution in [0, 0.1) is 10.8 Å². The third-order valence-corrected chi connectivity index (χ3v) is 3.18. The van der Waals surface area contributed by atoms with Gasteiger partial charge in [0.05, 0.1) is 0 Å². The molecule has 0 radical (unpaired) electrons. The first kappa shape index (κ1) is 9.44. The van der Waals surface area contributed by atoms with Gasteiger partial charge < -0.3 is 4.74 Å². The highest BCUT2D eigenvalue weighted by Crippen LogP contribution is 2.35. The van der Waals surface area contributed by atoms with Crippen LogP contribution >= 0.6 is 0 Å². The largest absolute Gasteiger partial charge is 0.344 e. The Bertz CT molecular complexity index is 191. The van der Waals surface area contributed by atoms with Gasteiger partial charge in [0.15, 0.2) is 0 Å². The molecular formula is C10H20N2O. The minimum Gasteiger partial charge on any atom is -0.344 e. The van der Waals surface area contributed by atoms with E-state index in [1.807, 2.05) is 0 Å².